The molecule has 0 aliphatic heterocycles. The van der Waals surface area contributed by atoms with Crippen LogP contribution in [-0.4, -0.2) is 0 Å². The predicted molar refractivity (Wildman–Crippen MR) is 69.8 cm³/mol. The second kappa shape index (κ2) is 4.48. The molecule has 0 heteroatoms. The Hall–Kier alpha value is -1.30. The van der Waals surface area contributed by atoms with Crippen LogP contribution in [0.25, 0.3) is 11.6 Å². The van der Waals surface area contributed by atoms with Crippen molar-refractivity contribution in [3.8, 4) is 0 Å². The summed E-state index contributed by atoms with van der Waals surface area (Å²) in [4.78, 5) is 0. The molecule has 0 saturated carbocycles. The molecular formula is C15H20. The minimum Gasteiger partial charge on any atom is -0.0984 e. The van der Waals surface area contributed by atoms with Crippen LogP contribution in [0.4, 0.5) is 0 Å². The Bertz CT molecular complexity index is 385. The molecule has 1 atom stereocenters. The van der Waals surface area contributed by atoms with Gasteiger partial charge in [0, 0.05) is 0 Å². The molecule has 0 N–H and O–H groups in total. The van der Waals surface area contributed by atoms with Crippen LogP contribution in [0.1, 0.15) is 37.5 Å². The summed E-state index contributed by atoms with van der Waals surface area (Å²) in [7, 11) is 0. The maximum atomic E-state index is 4.17. The Labute approximate surface area is 93.3 Å². The van der Waals surface area contributed by atoms with E-state index in [1.807, 2.05) is 6.08 Å². The molecule has 1 aliphatic carbocycles. The van der Waals surface area contributed by atoms with Crippen molar-refractivity contribution in [3.63, 3.8) is 0 Å². The van der Waals surface area contributed by atoms with Crippen LogP contribution in [0.5, 0.6) is 0 Å². The van der Waals surface area contributed by atoms with Gasteiger partial charge in [-0.2, -0.15) is 0 Å². The van der Waals surface area contributed by atoms with Gasteiger partial charge in [-0.1, -0.05) is 51.8 Å². The fraction of sp³-hybridized carbons (Fsp3) is 0.333. The Balaban J connectivity index is 0.00000112. The van der Waals surface area contributed by atoms with Gasteiger partial charge in [-0.15, -0.1) is 0 Å². The number of fused-ring (bicyclic) bond motifs is 1. The Kier molecular flexibility index (Phi) is 3.52. The summed E-state index contributed by atoms with van der Waals surface area (Å²) in [5.74, 6) is 0.732. The van der Waals surface area contributed by atoms with Gasteiger partial charge < -0.3 is 0 Å². The van der Waals surface area contributed by atoms with Crippen molar-refractivity contribution in [2.24, 2.45) is 5.92 Å². The summed E-state index contributed by atoms with van der Waals surface area (Å²) < 4.78 is 0. The third-order valence-corrected chi connectivity index (χ3v) is 2.92. The van der Waals surface area contributed by atoms with Crippen LogP contribution in [-0.2, 0) is 6.42 Å². The Morgan fingerprint density at radius 1 is 1.33 bits per heavy atom. The summed E-state index contributed by atoms with van der Waals surface area (Å²) in [6.45, 7) is 10.3. The molecule has 0 nitrogen and oxygen atoms in total. The first-order valence-corrected chi connectivity index (χ1v) is 5.15. The molecule has 1 aromatic rings. The van der Waals surface area contributed by atoms with Crippen LogP contribution >= 0.6 is 0 Å². The van der Waals surface area contributed by atoms with Gasteiger partial charge in [0.2, 0.25) is 0 Å². The first kappa shape index (κ1) is 11.8. The van der Waals surface area contributed by atoms with Crippen LogP contribution in [0.3, 0.4) is 0 Å². The van der Waals surface area contributed by atoms with E-state index in [0.717, 1.165) is 12.3 Å². The van der Waals surface area contributed by atoms with Crippen molar-refractivity contribution in [3.05, 3.63) is 48.0 Å². The summed E-state index contributed by atoms with van der Waals surface area (Å²) in [6.07, 6.45) is 4.23. The van der Waals surface area contributed by atoms with Crippen LogP contribution < -0.4 is 0 Å². The van der Waals surface area contributed by atoms with Gasteiger partial charge in [-0.3, -0.25) is 0 Å². The minimum atomic E-state index is 0. The molecule has 0 radical (unpaired) electrons. The zero-order valence-electron chi connectivity index (χ0n) is 8.72. The molecule has 1 aliphatic rings. The van der Waals surface area contributed by atoms with Gasteiger partial charge in [0.1, 0.15) is 0 Å². The molecule has 0 saturated heterocycles. The average molecular weight is 200 g/mol. The van der Waals surface area contributed by atoms with Gasteiger partial charge in [0.25, 0.3) is 0 Å². The Morgan fingerprint density at radius 3 is 2.73 bits per heavy atom. The third-order valence-electron chi connectivity index (χ3n) is 2.92. The van der Waals surface area contributed by atoms with E-state index < -0.39 is 0 Å². The molecule has 0 heterocycles. The number of rotatable bonds is 1. The normalized spacial score (nSPS) is 19.0. The zero-order chi connectivity index (χ0) is 10.1. The molecule has 0 amide bonds. The van der Waals surface area contributed by atoms with Crippen LogP contribution in [0.2, 0.25) is 0 Å². The first-order valence-electron chi connectivity index (χ1n) is 5.15. The van der Waals surface area contributed by atoms with Crippen LogP contribution in [0.15, 0.2) is 31.4 Å². The van der Waals surface area contributed by atoms with Crippen molar-refractivity contribution >= 4 is 11.6 Å². The highest BCUT2D eigenvalue weighted by Crippen LogP contribution is 2.35. The molecule has 80 valence electrons. The van der Waals surface area contributed by atoms with Gasteiger partial charge >= 0.3 is 0 Å². The number of hydrogen-bond donors (Lipinski definition) is 0. The summed E-state index contributed by atoms with van der Waals surface area (Å²) >= 11 is 0. The fourth-order valence-electron chi connectivity index (χ4n) is 2.36. The maximum absolute atomic E-state index is 4.17. The van der Waals surface area contributed by atoms with Gasteiger partial charge in [-0.05, 0) is 41.0 Å². The fourth-order valence-corrected chi connectivity index (χ4v) is 2.36. The summed E-state index contributed by atoms with van der Waals surface area (Å²) in [5, 5.41) is 0. The van der Waals surface area contributed by atoms with Crippen molar-refractivity contribution in [1.29, 1.82) is 0 Å². The van der Waals surface area contributed by atoms with Crippen LogP contribution in [0, 0.1) is 5.92 Å². The molecule has 0 spiro atoms. The smallest absolute Gasteiger partial charge is 0.0126 e. The molecule has 15 heavy (non-hydrogen) atoms. The highest BCUT2D eigenvalue weighted by Gasteiger charge is 2.19. The lowest BCUT2D eigenvalue weighted by Crippen LogP contribution is -2.11. The lowest BCUT2D eigenvalue weighted by atomic mass is 9.80. The third kappa shape index (κ3) is 2.04. The van der Waals surface area contributed by atoms with E-state index in [0.29, 0.717) is 0 Å². The molecule has 2 rings (SSSR count). The van der Waals surface area contributed by atoms with Crippen molar-refractivity contribution in [2.45, 2.75) is 27.2 Å². The molecule has 1 aromatic carbocycles. The molecule has 0 fully saturated rings. The van der Waals surface area contributed by atoms with E-state index in [9.17, 15) is 0 Å². The molecule has 1 unspecified atom stereocenters. The van der Waals surface area contributed by atoms with E-state index >= 15 is 0 Å². The van der Waals surface area contributed by atoms with Gasteiger partial charge in [0.15, 0.2) is 0 Å². The van der Waals surface area contributed by atoms with Crippen molar-refractivity contribution < 1.29 is 0 Å². The summed E-state index contributed by atoms with van der Waals surface area (Å²) in [5.41, 5.74) is 5.29. The van der Waals surface area contributed by atoms with Crippen molar-refractivity contribution in [1.82, 2.24) is 0 Å². The highest BCUT2D eigenvalue weighted by molar-refractivity contribution is 5.76. The predicted octanol–water partition coefficient (Wildman–Crippen LogP) is 4.56. The highest BCUT2D eigenvalue weighted by atomic mass is 14.2. The topological polar surface area (TPSA) is 0 Å². The average Bonchev–Trinajstić information content (AvgIpc) is 2.16. The van der Waals surface area contributed by atoms with E-state index in [2.05, 4.69) is 38.3 Å². The molecular weight excluding hydrogens is 180 g/mol. The van der Waals surface area contributed by atoms with Crippen molar-refractivity contribution in [2.75, 3.05) is 0 Å². The maximum Gasteiger partial charge on any atom is -0.0126 e. The number of allylic oxidation sites excluding steroid dienone is 1. The first-order chi connectivity index (χ1) is 6.72. The van der Waals surface area contributed by atoms with E-state index in [-0.39, 0.29) is 7.43 Å². The Morgan fingerprint density at radius 2 is 2.07 bits per heavy atom. The van der Waals surface area contributed by atoms with Gasteiger partial charge in [0.05, 0.1) is 0 Å². The zero-order valence-corrected chi connectivity index (χ0v) is 8.72. The lowest BCUT2D eigenvalue weighted by molar-refractivity contribution is 0.582. The van der Waals surface area contributed by atoms with E-state index in [1.54, 1.807) is 0 Å². The minimum absolute atomic E-state index is 0. The number of benzene rings is 1. The second-order valence-electron chi connectivity index (χ2n) is 4.20. The lowest BCUT2D eigenvalue weighted by Gasteiger charge is -2.25. The number of hydrogen-bond acceptors (Lipinski definition) is 0. The van der Waals surface area contributed by atoms with Gasteiger partial charge in [-0.25, -0.2) is 0 Å². The largest absolute Gasteiger partial charge is 0.0984 e. The second-order valence-corrected chi connectivity index (χ2v) is 4.20. The van der Waals surface area contributed by atoms with E-state index in [4.69, 9.17) is 0 Å². The van der Waals surface area contributed by atoms with E-state index in [1.165, 1.54) is 28.7 Å². The quantitative estimate of drug-likeness (QED) is 0.623. The summed E-state index contributed by atoms with van der Waals surface area (Å²) in [6, 6.07) is 6.44. The molecule has 0 aromatic heterocycles. The SMILES string of the molecule is C.C=Cc1cccc2c1C(=C)CC(C)C2. The standard InChI is InChI=1S/C14H16.CH4/c1-4-12-6-5-7-13-9-10(2)8-11(3)14(12)13;/h4-7,10H,1,3,8-9H2,2H3;1H4. The monoisotopic (exact) mass is 200 g/mol. The molecule has 0 bridgehead atoms.